The standard InChI is InChI=1S/C31H24FN3O5S/c1-39-24-14-12-23(13-15-24)35-30(37)27(33-21-8-6-20(32)7-9-21)28(31(35)38)41-26-16-10-22(11-17-26)34-29(36)19-4-3-5-25(18-19)40-2/h3-18,33H,1-2H3,(H,34,36). The largest absolute Gasteiger partial charge is 0.497 e. The molecule has 206 valence electrons. The fourth-order valence-corrected chi connectivity index (χ4v) is 4.98. The average Bonchev–Trinajstić information content (AvgIpc) is 3.23. The lowest BCUT2D eigenvalue weighted by Crippen LogP contribution is -2.32. The van der Waals surface area contributed by atoms with Crippen LogP contribution in [0.15, 0.2) is 113 Å². The van der Waals surface area contributed by atoms with E-state index in [0.29, 0.717) is 39.0 Å². The molecule has 0 atom stereocenters. The number of hydrogen-bond acceptors (Lipinski definition) is 7. The summed E-state index contributed by atoms with van der Waals surface area (Å²) in [7, 11) is 3.06. The van der Waals surface area contributed by atoms with E-state index in [1.807, 2.05) is 0 Å². The second-order valence-electron chi connectivity index (χ2n) is 8.79. The topological polar surface area (TPSA) is 97.0 Å². The van der Waals surface area contributed by atoms with Gasteiger partial charge in [-0.15, -0.1) is 0 Å². The van der Waals surface area contributed by atoms with Gasteiger partial charge in [0.05, 0.1) is 19.9 Å². The number of anilines is 3. The van der Waals surface area contributed by atoms with Crippen LogP contribution >= 0.6 is 11.8 Å². The summed E-state index contributed by atoms with van der Waals surface area (Å²) in [5.41, 5.74) is 1.89. The monoisotopic (exact) mass is 569 g/mol. The molecule has 0 bridgehead atoms. The zero-order valence-corrected chi connectivity index (χ0v) is 22.8. The van der Waals surface area contributed by atoms with Crippen molar-refractivity contribution in [3.05, 3.63) is 119 Å². The van der Waals surface area contributed by atoms with Crippen LogP contribution in [0.1, 0.15) is 10.4 Å². The summed E-state index contributed by atoms with van der Waals surface area (Å²) < 4.78 is 23.8. The molecule has 0 unspecified atom stereocenters. The number of hydrogen-bond donors (Lipinski definition) is 2. The van der Waals surface area contributed by atoms with Crippen molar-refractivity contribution in [3.8, 4) is 11.5 Å². The summed E-state index contributed by atoms with van der Waals surface area (Å²) in [5.74, 6) is -0.629. The van der Waals surface area contributed by atoms with Crippen LogP contribution in [0.4, 0.5) is 21.5 Å². The Bertz CT molecular complexity index is 1640. The van der Waals surface area contributed by atoms with E-state index in [-0.39, 0.29) is 16.5 Å². The molecule has 4 aromatic rings. The maximum atomic E-state index is 13.6. The Hall–Kier alpha value is -5.09. The molecule has 0 spiro atoms. The quantitative estimate of drug-likeness (QED) is 0.236. The number of benzene rings is 4. The molecule has 8 nitrogen and oxygen atoms in total. The van der Waals surface area contributed by atoms with E-state index in [1.54, 1.807) is 72.8 Å². The van der Waals surface area contributed by atoms with E-state index < -0.39 is 17.6 Å². The van der Waals surface area contributed by atoms with Crippen molar-refractivity contribution in [2.45, 2.75) is 4.90 Å². The Balaban J connectivity index is 1.39. The van der Waals surface area contributed by atoms with Gasteiger partial charge < -0.3 is 20.1 Å². The molecule has 1 aliphatic rings. The number of halogens is 1. The highest BCUT2D eigenvalue weighted by atomic mass is 32.2. The van der Waals surface area contributed by atoms with Crippen LogP contribution < -0.4 is 25.0 Å². The maximum absolute atomic E-state index is 13.6. The van der Waals surface area contributed by atoms with Gasteiger partial charge in [0, 0.05) is 21.8 Å². The highest BCUT2D eigenvalue weighted by Gasteiger charge is 2.40. The van der Waals surface area contributed by atoms with Gasteiger partial charge in [-0.2, -0.15) is 0 Å². The third kappa shape index (κ3) is 6.07. The molecule has 41 heavy (non-hydrogen) atoms. The molecule has 5 rings (SSSR count). The predicted octanol–water partition coefficient (Wildman–Crippen LogP) is 6.08. The molecule has 1 heterocycles. The molecule has 0 aliphatic carbocycles. The number of methoxy groups -OCH3 is 2. The molecule has 0 saturated heterocycles. The lowest BCUT2D eigenvalue weighted by molar-refractivity contribution is -0.120. The first-order chi connectivity index (χ1) is 19.9. The molecule has 2 N–H and O–H groups in total. The number of amides is 3. The first-order valence-electron chi connectivity index (χ1n) is 12.4. The van der Waals surface area contributed by atoms with E-state index >= 15 is 0 Å². The lowest BCUT2D eigenvalue weighted by Gasteiger charge is -2.15. The lowest BCUT2D eigenvalue weighted by atomic mass is 10.2. The van der Waals surface area contributed by atoms with Gasteiger partial charge in [-0.1, -0.05) is 17.8 Å². The van der Waals surface area contributed by atoms with Gasteiger partial charge in [-0.05, 0) is 91.0 Å². The van der Waals surface area contributed by atoms with Crippen molar-refractivity contribution < 1.29 is 28.2 Å². The number of ether oxygens (including phenoxy) is 2. The van der Waals surface area contributed by atoms with Crippen molar-refractivity contribution >= 4 is 46.5 Å². The van der Waals surface area contributed by atoms with Crippen molar-refractivity contribution in [3.63, 3.8) is 0 Å². The normalized spacial score (nSPS) is 12.9. The molecule has 3 amide bonds. The SMILES string of the molecule is COc1ccc(N2C(=O)C(Nc3ccc(F)cc3)=C(Sc3ccc(NC(=O)c4cccc(OC)c4)cc3)C2=O)cc1. The van der Waals surface area contributed by atoms with Gasteiger partial charge in [0.15, 0.2) is 0 Å². The van der Waals surface area contributed by atoms with E-state index in [2.05, 4.69) is 10.6 Å². The third-order valence-corrected chi connectivity index (χ3v) is 7.24. The summed E-state index contributed by atoms with van der Waals surface area (Å²) in [4.78, 5) is 41.7. The molecule has 1 aliphatic heterocycles. The number of nitrogens with one attached hydrogen (secondary N) is 2. The van der Waals surface area contributed by atoms with Gasteiger partial charge in [0.25, 0.3) is 17.7 Å². The Kier molecular flexibility index (Phi) is 8.02. The molecule has 0 radical (unpaired) electrons. The maximum Gasteiger partial charge on any atom is 0.283 e. The van der Waals surface area contributed by atoms with Gasteiger partial charge in [-0.3, -0.25) is 14.4 Å². The van der Waals surface area contributed by atoms with Crippen LogP contribution in [0.3, 0.4) is 0 Å². The van der Waals surface area contributed by atoms with E-state index in [0.717, 1.165) is 16.7 Å². The molecule has 10 heteroatoms. The number of carbonyl (C=O) groups is 3. The minimum Gasteiger partial charge on any atom is -0.497 e. The zero-order valence-electron chi connectivity index (χ0n) is 22.0. The van der Waals surface area contributed by atoms with E-state index in [1.165, 1.54) is 38.5 Å². The minimum atomic E-state index is -0.547. The first kappa shape index (κ1) is 27.5. The number of carbonyl (C=O) groups excluding carboxylic acids is 3. The van der Waals surface area contributed by atoms with E-state index in [4.69, 9.17) is 9.47 Å². The Labute approximate surface area is 239 Å². The second-order valence-corrected chi connectivity index (χ2v) is 9.88. The summed E-state index contributed by atoms with van der Waals surface area (Å²) in [5, 5.41) is 5.83. The highest BCUT2D eigenvalue weighted by Crippen LogP contribution is 2.38. The summed E-state index contributed by atoms with van der Waals surface area (Å²) >= 11 is 1.11. The van der Waals surface area contributed by atoms with Gasteiger partial charge in [0.1, 0.15) is 27.9 Å². The summed E-state index contributed by atoms with van der Waals surface area (Å²) in [6, 6.07) is 25.7. The van der Waals surface area contributed by atoms with Crippen molar-refractivity contribution in [2.75, 3.05) is 29.8 Å². The van der Waals surface area contributed by atoms with Crippen LogP contribution in [0.2, 0.25) is 0 Å². The summed E-state index contributed by atoms with van der Waals surface area (Å²) in [6.07, 6.45) is 0. The highest BCUT2D eigenvalue weighted by molar-refractivity contribution is 8.04. The fraction of sp³-hybridized carbons (Fsp3) is 0.0645. The first-order valence-corrected chi connectivity index (χ1v) is 13.2. The number of thioether (sulfide) groups is 1. The number of imide groups is 1. The van der Waals surface area contributed by atoms with Crippen LogP contribution in [0.25, 0.3) is 0 Å². The number of rotatable bonds is 9. The van der Waals surface area contributed by atoms with Crippen molar-refractivity contribution in [1.82, 2.24) is 0 Å². The van der Waals surface area contributed by atoms with E-state index in [9.17, 15) is 18.8 Å². The molecular formula is C31H24FN3O5S. The van der Waals surface area contributed by atoms with Crippen molar-refractivity contribution in [2.24, 2.45) is 0 Å². The summed E-state index contributed by atoms with van der Waals surface area (Å²) in [6.45, 7) is 0. The Morgan fingerprint density at radius 2 is 1.44 bits per heavy atom. The Morgan fingerprint density at radius 3 is 2.10 bits per heavy atom. The predicted molar refractivity (Wildman–Crippen MR) is 156 cm³/mol. The van der Waals surface area contributed by atoms with Crippen LogP contribution in [0, 0.1) is 5.82 Å². The van der Waals surface area contributed by atoms with Crippen molar-refractivity contribution in [1.29, 1.82) is 0 Å². The van der Waals surface area contributed by atoms with Gasteiger partial charge in [-0.25, -0.2) is 9.29 Å². The molecule has 0 fully saturated rings. The molecule has 0 aromatic heterocycles. The molecule has 0 saturated carbocycles. The van der Waals surface area contributed by atoms with Gasteiger partial charge >= 0.3 is 0 Å². The number of nitrogens with zero attached hydrogens (tertiary/aromatic N) is 1. The molecular weight excluding hydrogens is 545 g/mol. The minimum absolute atomic E-state index is 0.0674. The Morgan fingerprint density at radius 1 is 0.780 bits per heavy atom. The van der Waals surface area contributed by atoms with Gasteiger partial charge in [0.2, 0.25) is 0 Å². The molecule has 4 aromatic carbocycles. The third-order valence-electron chi connectivity index (χ3n) is 6.15. The van der Waals surface area contributed by atoms with Crippen LogP contribution in [-0.4, -0.2) is 31.9 Å². The zero-order chi connectivity index (χ0) is 28.9. The smallest absolute Gasteiger partial charge is 0.283 e. The van der Waals surface area contributed by atoms with Crippen LogP contribution in [0.5, 0.6) is 11.5 Å². The average molecular weight is 570 g/mol. The van der Waals surface area contributed by atoms with Crippen LogP contribution in [-0.2, 0) is 9.59 Å². The fourth-order valence-electron chi connectivity index (χ4n) is 4.05. The second kappa shape index (κ2) is 12.0.